The molecule has 1 amide bonds. The number of benzene rings is 1. The number of piperidine rings is 1. The molecule has 3 aromatic rings. The van der Waals surface area contributed by atoms with Crippen LogP contribution in [0.1, 0.15) is 28.8 Å². The molecule has 7 nitrogen and oxygen atoms in total. The van der Waals surface area contributed by atoms with Crippen LogP contribution in [0.15, 0.2) is 49.1 Å². The highest BCUT2D eigenvalue weighted by Gasteiger charge is 2.32. The van der Waals surface area contributed by atoms with Crippen LogP contribution in [0.5, 0.6) is 0 Å². The Hall–Kier alpha value is -3.63. The van der Waals surface area contributed by atoms with E-state index in [0.29, 0.717) is 31.8 Å². The van der Waals surface area contributed by atoms with Crippen molar-refractivity contribution < 1.29 is 22.4 Å². The number of likely N-dealkylation sites (tertiary alicyclic amines) is 1. The molecular formula is C21H18F4N6O. The number of anilines is 1. The van der Waals surface area contributed by atoms with Crippen molar-refractivity contribution in [3.63, 3.8) is 0 Å². The number of nitrogens with zero attached hydrogens (tertiary/aromatic N) is 5. The molecule has 1 atom stereocenters. The standard InChI is InChI=1S/C21H18F4N6O/c22-14-4-5-16(17(9-14)18-26-6-2-7-27-18)19(32)31-8-1-3-15(12-31)30-20-28-10-13(11-29-20)21(23,24)25/h2,4-7,9-11,15H,1,3,8,12H2,(H,28,29,30). The molecule has 1 N–H and O–H groups in total. The Morgan fingerprint density at radius 3 is 2.50 bits per heavy atom. The van der Waals surface area contributed by atoms with E-state index in [1.54, 1.807) is 11.0 Å². The number of hydrogen-bond donors (Lipinski definition) is 1. The van der Waals surface area contributed by atoms with Crippen LogP contribution in [-0.2, 0) is 6.18 Å². The molecule has 1 aliphatic rings. The minimum absolute atomic E-state index is 0.0532. The van der Waals surface area contributed by atoms with Crippen LogP contribution in [0.3, 0.4) is 0 Å². The molecule has 1 saturated heterocycles. The van der Waals surface area contributed by atoms with Crippen molar-refractivity contribution in [3.05, 3.63) is 66.0 Å². The van der Waals surface area contributed by atoms with E-state index in [1.807, 2.05) is 0 Å². The average Bonchev–Trinajstić information content (AvgIpc) is 2.79. The van der Waals surface area contributed by atoms with Crippen LogP contribution < -0.4 is 5.32 Å². The maximum Gasteiger partial charge on any atom is 0.419 e. The number of amides is 1. The molecule has 1 aliphatic heterocycles. The maximum absolute atomic E-state index is 13.9. The van der Waals surface area contributed by atoms with Crippen LogP contribution in [-0.4, -0.2) is 49.9 Å². The number of aromatic nitrogens is 4. The zero-order valence-electron chi connectivity index (χ0n) is 16.7. The first-order valence-electron chi connectivity index (χ1n) is 9.83. The highest BCUT2D eigenvalue weighted by atomic mass is 19.4. The van der Waals surface area contributed by atoms with Gasteiger partial charge in [0, 0.05) is 49.5 Å². The fourth-order valence-electron chi connectivity index (χ4n) is 3.51. The van der Waals surface area contributed by atoms with Gasteiger partial charge in [0.1, 0.15) is 5.82 Å². The lowest BCUT2D eigenvalue weighted by atomic mass is 10.0. The number of alkyl halides is 3. The number of halogens is 4. The third kappa shape index (κ3) is 4.82. The van der Waals surface area contributed by atoms with Crippen molar-refractivity contribution in [2.75, 3.05) is 18.4 Å². The number of carbonyl (C=O) groups excluding carboxylic acids is 1. The smallest absolute Gasteiger partial charge is 0.350 e. The predicted octanol–water partition coefficient (Wildman–Crippen LogP) is 3.81. The van der Waals surface area contributed by atoms with E-state index in [2.05, 4.69) is 25.3 Å². The molecule has 2 aromatic heterocycles. The summed E-state index contributed by atoms with van der Waals surface area (Å²) in [5.74, 6) is -0.536. The van der Waals surface area contributed by atoms with E-state index in [9.17, 15) is 22.4 Å². The van der Waals surface area contributed by atoms with Crippen LogP contribution in [0.4, 0.5) is 23.5 Å². The first-order valence-corrected chi connectivity index (χ1v) is 9.83. The van der Waals surface area contributed by atoms with Gasteiger partial charge in [-0.1, -0.05) is 0 Å². The van der Waals surface area contributed by atoms with Crippen LogP contribution >= 0.6 is 0 Å². The summed E-state index contributed by atoms with van der Waals surface area (Å²) in [6, 6.07) is 5.20. The van der Waals surface area contributed by atoms with Gasteiger partial charge in [-0.25, -0.2) is 24.3 Å². The number of nitrogens with one attached hydrogen (secondary N) is 1. The number of carbonyl (C=O) groups is 1. The first kappa shape index (κ1) is 21.6. The molecule has 0 saturated carbocycles. The molecule has 11 heteroatoms. The summed E-state index contributed by atoms with van der Waals surface area (Å²) >= 11 is 0. The van der Waals surface area contributed by atoms with E-state index in [4.69, 9.17) is 0 Å². The molecule has 32 heavy (non-hydrogen) atoms. The lowest BCUT2D eigenvalue weighted by Crippen LogP contribution is -2.45. The fourth-order valence-corrected chi connectivity index (χ4v) is 3.51. The van der Waals surface area contributed by atoms with Crippen molar-refractivity contribution in [1.82, 2.24) is 24.8 Å². The summed E-state index contributed by atoms with van der Waals surface area (Å²) < 4.78 is 51.9. The topological polar surface area (TPSA) is 83.9 Å². The molecule has 1 fully saturated rings. The summed E-state index contributed by atoms with van der Waals surface area (Å²) in [6.45, 7) is 0.771. The zero-order valence-corrected chi connectivity index (χ0v) is 16.7. The van der Waals surface area contributed by atoms with Crippen molar-refractivity contribution >= 4 is 11.9 Å². The monoisotopic (exact) mass is 446 g/mol. The Morgan fingerprint density at radius 1 is 1.09 bits per heavy atom. The Bertz CT molecular complexity index is 1090. The summed E-state index contributed by atoms with van der Waals surface area (Å²) in [7, 11) is 0. The Kier molecular flexibility index (Phi) is 5.97. The van der Waals surface area contributed by atoms with Crippen molar-refractivity contribution in [2.24, 2.45) is 0 Å². The molecule has 3 heterocycles. The number of hydrogen-bond acceptors (Lipinski definition) is 6. The first-order chi connectivity index (χ1) is 15.3. The predicted molar refractivity (Wildman–Crippen MR) is 107 cm³/mol. The van der Waals surface area contributed by atoms with Crippen molar-refractivity contribution in [1.29, 1.82) is 0 Å². The van der Waals surface area contributed by atoms with Crippen molar-refractivity contribution in [3.8, 4) is 11.4 Å². The third-order valence-corrected chi connectivity index (χ3v) is 5.04. The molecule has 4 rings (SSSR count). The second-order valence-electron chi connectivity index (χ2n) is 7.29. The van der Waals surface area contributed by atoms with Gasteiger partial charge in [0.2, 0.25) is 5.95 Å². The molecular weight excluding hydrogens is 428 g/mol. The second kappa shape index (κ2) is 8.85. The molecule has 0 bridgehead atoms. The minimum atomic E-state index is -4.51. The largest absolute Gasteiger partial charge is 0.419 e. The van der Waals surface area contributed by atoms with Gasteiger partial charge in [-0.3, -0.25) is 4.79 Å². The average molecular weight is 446 g/mol. The van der Waals surface area contributed by atoms with Gasteiger partial charge in [0.05, 0.1) is 11.1 Å². The minimum Gasteiger partial charge on any atom is -0.350 e. The zero-order chi connectivity index (χ0) is 22.7. The van der Waals surface area contributed by atoms with Gasteiger partial charge < -0.3 is 10.2 Å². The van der Waals surface area contributed by atoms with Gasteiger partial charge in [-0.15, -0.1) is 0 Å². The molecule has 0 radical (unpaired) electrons. The van der Waals surface area contributed by atoms with E-state index in [1.165, 1.54) is 30.6 Å². The maximum atomic E-state index is 13.9. The van der Waals surface area contributed by atoms with Crippen LogP contribution in [0.2, 0.25) is 0 Å². The fraction of sp³-hybridized carbons (Fsp3) is 0.286. The van der Waals surface area contributed by atoms with E-state index < -0.39 is 17.6 Å². The van der Waals surface area contributed by atoms with Crippen LogP contribution in [0, 0.1) is 5.82 Å². The Labute approximate surface area is 180 Å². The number of rotatable bonds is 4. The molecule has 1 aromatic carbocycles. The van der Waals surface area contributed by atoms with E-state index in [-0.39, 0.29) is 41.4 Å². The molecule has 0 aliphatic carbocycles. The SMILES string of the molecule is O=C(c1ccc(F)cc1-c1ncccn1)N1CCCC(Nc2ncc(C(F)(F)F)cn2)C1. The van der Waals surface area contributed by atoms with Gasteiger partial charge in [-0.05, 0) is 37.1 Å². The van der Waals surface area contributed by atoms with Gasteiger partial charge in [0.15, 0.2) is 5.82 Å². The Morgan fingerprint density at radius 2 is 1.81 bits per heavy atom. The molecule has 1 unspecified atom stereocenters. The van der Waals surface area contributed by atoms with Gasteiger partial charge in [-0.2, -0.15) is 13.2 Å². The van der Waals surface area contributed by atoms with E-state index >= 15 is 0 Å². The summed E-state index contributed by atoms with van der Waals surface area (Å²) in [5.41, 5.74) is -0.378. The normalized spacial score (nSPS) is 16.6. The molecule has 0 spiro atoms. The lowest BCUT2D eigenvalue weighted by Gasteiger charge is -2.33. The van der Waals surface area contributed by atoms with Crippen molar-refractivity contribution in [2.45, 2.75) is 25.1 Å². The summed E-state index contributed by atoms with van der Waals surface area (Å²) in [4.78, 5) is 30.5. The third-order valence-electron chi connectivity index (χ3n) is 5.04. The lowest BCUT2D eigenvalue weighted by molar-refractivity contribution is -0.138. The van der Waals surface area contributed by atoms with Gasteiger partial charge >= 0.3 is 6.18 Å². The van der Waals surface area contributed by atoms with Gasteiger partial charge in [0.25, 0.3) is 5.91 Å². The summed E-state index contributed by atoms with van der Waals surface area (Å²) in [6.07, 6.45) is 1.28. The highest BCUT2D eigenvalue weighted by molar-refractivity contribution is 6.00. The highest BCUT2D eigenvalue weighted by Crippen LogP contribution is 2.28. The Balaban J connectivity index is 1.50. The quantitative estimate of drug-likeness (QED) is 0.614. The van der Waals surface area contributed by atoms with E-state index in [0.717, 1.165) is 0 Å². The summed E-state index contributed by atoms with van der Waals surface area (Å²) in [5, 5.41) is 2.98. The van der Waals surface area contributed by atoms with Crippen LogP contribution in [0.25, 0.3) is 11.4 Å². The second-order valence-corrected chi connectivity index (χ2v) is 7.29. The molecule has 166 valence electrons.